The maximum Gasteiger partial charge on any atom is 0.201 e. The van der Waals surface area contributed by atoms with E-state index in [0.29, 0.717) is 0 Å². The van der Waals surface area contributed by atoms with Gasteiger partial charge < -0.3 is 10.2 Å². The second-order valence-corrected chi connectivity index (χ2v) is 5.57. The topological polar surface area (TPSA) is 58.4 Å². The maximum atomic E-state index is 5.92. The first-order chi connectivity index (χ1) is 10.6. The highest BCUT2D eigenvalue weighted by Crippen LogP contribution is 2.22. The second-order valence-electron chi connectivity index (χ2n) is 5.13. The number of nitrogens with one attached hydrogen (secondary N) is 1. The molecular formula is C15H17ClN6. The monoisotopic (exact) mass is 316 g/mol. The van der Waals surface area contributed by atoms with Gasteiger partial charge in [-0.2, -0.15) is 4.52 Å². The normalized spacial score (nSPS) is 10.9. The molecule has 0 radical (unpaired) electrons. The summed E-state index contributed by atoms with van der Waals surface area (Å²) in [6.07, 6.45) is 0. The average molecular weight is 317 g/mol. The van der Waals surface area contributed by atoms with Crippen molar-refractivity contribution < 1.29 is 0 Å². The molecule has 0 aliphatic heterocycles. The molecule has 3 rings (SSSR count). The van der Waals surface area contributed by atoms with Crippen LogP contribution >= 0.6 is 11.6 Å². The summed E-state index contributed by atoms with van der Waals surface area (Å²) in [5.74, 6) is 1.60. The summed E-state index contributed by atoms with van der Waals surface area (Å²) < 4.78 is 1.75. The summed E-state index contributed by atoms with van der Waals surface area (Å²) in [5, 5.41) is 16.7. The van der Waals surface area contributed by atoms with Gasteiger partial charge in [0, 0.05) is 31.7 Å². The third-order valence-electron chi connectivity index (χ3n) is 3.51. The average Bonchev–Trinajstić information content (AvgIpc) is 2.90. The Hall–Kier alpha value is -2.34. The van der Waals surface area contributed by atoms with Gasteiger partial charge in [0.15, 0.2) is 11.6 Å². The molecule has 0 bridgehead atoms. The van der Waals surface area contributed by atoms with Crippen molar-refractivity contribution >= 4 is 28.8 Å². The number of rotatable bonds is 4. The molecule has 22 heavy (non-hydrogen) atoms. The highest BCUT2D eigenvalue weighted by molar-refractivity contribution is 6.30. The molecule has 1 aromatic carbocycles. The minimum absolute atomic E-state index is 0.726. The molecule has 114 valence electrons. The van der Waals surface area contributed by atoms with Gasteiger partial charge in [-0.05, 0) is 24.6 Å². The fraction of sp³-hybridized carbons (Fsp3) is 0.267. The third kappa shape index (κ3) is 2.69. The van der Waals surface area contributed by atoms with Gasteiger partial charge in [0.1, 0.15) is 0 Å². The molecule has 3 aromatic rings. The minimum Gasteiger partial charge on any atom is -0.385 e. The molecule has 0 saturated heterocycles. The molecule has 0 atom stereocenters. The zero-order valence-electron chi connectivity index (χ0n) is 12.7. The molecule has 0 aliphatic rings. The van der Waals surface area contributed by atoms with Gasteiger partial charge in [-0.1, -0.05) is 23.7 Å². The quantitative estimate of drug-likeness (QED) is 0.802. The summed E-state index contributed by atoms with van der Waals surface area (Å²) >= 11 is 5.92. The summed E-state index contributed by atoms with van der Waals surface area (Å²) in [7, 11) is 3.87. The number of nitrogens with zero attached hydrogens (tertiary/aromatic N) is 5. The van der Waals surface area contributed by atoms with Crippen LogP contribution in [0.3, 0.4) is 0 Å². The lowest BCUT2D eigenvalue weighted by Gasteiger charge is -2.19. The van der Waals surface area contributed by atoms with Crippen LogP contribution in [0.4, 0.5) is 11.5 Å². The number of anilines is 2. The van der Waals surface area contributed by atoms with Crippen molar-refractivity contribution in [2.45, 2.75) is 13.5 Å². The Kier molecular flexibility index (Phi) is 3.85. The lowest BCUT2D eigenvalue weighted by Crippen LogP contribution is -2.19. The molecule has 1 N–H and O–H groups in total. The van der Waals surface area contributed by atoms with Crippen molar-refractivity contribution in [2.75, 3.05) is 24.3 Å². The third-order valence-corrected chi connectivity index (χ3v) is 3.76. The summed E-state index contributed by atoms with van der Waals surface area (Å²) in [6.45, 7) is 2.62. The van der Waals surface area contributed by atoms with Crippen LogP contribution in [-0.2, 0) is 6.54 Å². The largest absolute Gasteiger partial charge is 0.385 e. The predicted molar refractivity (Wildman–Crippen MR) is 88.6 cm³/mol. The number of hydrogen-bond acceptors (Lipinski definition) is 5. The summed E-state index contributed by atoms with van der Waals surface area (Å²) in [5.41, 5.74) is 2.79. The number of aromatic nitrogens is 4. The summed E-state index contributed by atoms with van der Waals surface area (Å²) in [4.78, 5) is 2.07. The van der Waals surface area contributed by atoms with Gasteiger partial charge in [-0.25, -0.2) is 0 Å². The van der Waals surface area contributed by atoms with Gasteiger partial charge in [-0.3, -0.25) is 0 Å². The van der Waals surface area contributed by atoms with Crippen LogP contribution < -0.4 is 10.2 Å². The number of benzene rings is 1. The van der Waals surface area contributed by atoms with Gasteiger partial charge >= 0.3 is 0 Å². The van der Waals surface area contributed by atoms with E-state index in [1.807, 2.05) is 51.4 Å². The minimum atomic E-state index is 0.726. The van der Waals surface area contributed by atoms with Crippen molar-refractivity contribution in [3.63, 3.8) is 0 Å². The molecule has 2 aromatic heterocycles. The fourth-order valence-electron chi connectivity index (χ4n) is 2.29. The van der Waals surface area contributed by atoms with Crippen LogP contribution in [0, 0.1) is 6.92 Å². The van der Waals surface area contributed by atoms with E-state index in [4.69, 9.17) is 11.6 Å². The molecule has 0 fully saturated rings. The fourth-order valence-corrected chi connectivity index (χ4v) is 2.41. The van der Waals surface area contributed by atoms with Crippen LogP contribution in [0.15, 0.2) is 30.3 Å². The van der Waals surface area contributed by atoms with Crippen LogP contribution in [0.2, 0.25) is 5.02 Å². The van der Waals surface area contributed by atoms with Crippen molar-refractivity contribution in [2.24, 2.45) is 0 Å². The molecule has 0 spiro atoms. The van der Waals surface area contributed by atoms with Gasteiger partial charge in [-0.15, -0.1) is 15.3 Å². The van der Waals surface area contributed by atoms with Gasteiger partial charge in [0.25, 0.3) is 0 Å². The van der Waals surface area contributed by atoms with Crippen LogP contribution in [0.25, 0.3) is 5.65 Å². The maximum absolute atomic E-state index is 5.92. The van der Waals surface area contributed by atoms with Gasteiger partial charge in [0.2, 0.25) is 5.65 Å². The first-order valence-electron chi connectivity index (χ1n) is 6.95. The predicted octanol–water partition coefficient (Wildman–Crippen LogP) is 2.76. The Labute approximate surface area is 133 Å². The van der Waals surface area contributed by atoms with E-state index >= 15 is 0 Å². The number of hydrogen-bond donors (Lipinski definition) is 1. The molecule has 6 nitrogen and oxygen atoms in total. The SMILES string of the molecule is CNc1cc(N(C)Cc2ccc(Cl)cc2)nn2c(C)nnc12. The molecule has 0 aliphatic carbocycles. The van der Waals surface area contributed by atoms with Crippen LogP contribution in [-0.4, -0.2) is 33.9 Å². The Morgan fingerprint density at radius 3 is 2.64 bits per heavy atom. The Morgan fingerprint density at radius 2 is 1.95 bits per heavy atom. The molecule has 7 heteroatoms. The zero-order valence-corrected chi connectivity index (χ0v) is 13.5. The van der Waals surface area contributed by atoms with Crippen molar-refractivity contribution in [1.29, 1.82) is 0 Å². The highest BCUT2D eigenvalue weighted by Gasteiger charge is 2.12. The Bertz CT molecular complexity index is 796. The van der Waals surface area contributed by atoms with Crippen molar-refractivity contribution in [3.05, 3.63) is 46.7 Å². The van der Waals surface area contributed by atoms with E-state index in [0.717, 1.165) is 34.5 Å². The van der Waals surface area contributed by atoms with E-state index in [1.54, 1.807) is 4.52 Å². The van der Waals surface area contributed by atoms with E-state index in [-0.39, 0.29) is 0 Å². The van der Waals surface area contributed by atoms with Crippen LogP contribution in [0.5, 0.6) is 0 Å². The number of fused-ring (bicyclic) bond motifs is 1. The first kappa shape index (κ1) is 14.6. The van der Waals surface area contributed by atoms with E-state index < -0.39 is 0 Å². The zero-order chi connectivity index (χ0) is 15.7. The van der Waals surface area contributed by atoms with E-state index in [1.165, 1.54) is 5.56 Å². The van der Waals surface area contributed by atoms with Crippen LogP contribution in [0.1, 0.15) is 11.4 Å². The highest BCUT2D eigenvalue weighted by atomic mass is 35.5. The Morgan fingerprint density at radius 1 is 1.23 bits per heavy atom. The molecule has 0 amide bonds. The van der Waals surface area contributed by atoms with Crippen molar-refractivity contribution in [1.82, 2.24) is 19.8 Å². The lowest BCUT2D eigenvalue weighted by molar-refractivity contribution is 0.820. The second kappa shape index (κ2) is 5.81. The number of halogens is 1. The Balaban J connectivity index is 1.94. The van der Waals surface area contributed by atoms with E-state index in [2.05, 4.69) is 25.5 Å². The molecule has 2 heterocycles. The van der Waals surface area contributed by atoms with Gasteiger partial charge in [0.05, 0.1) is 5.69 Å². The van der Waals surface area contributed by atoms with E-state index in [9.17, 15) is 0 Å². The smallest absolute Gasteiger partial charge is 0.201 e. The standard InChI is InChI=1S/C15H17ClN6/c1-10-18-19-15-13(17-2)8-14(20-22(10)15)21(3)9-11-4-6-12(16)7-5-11/h4-8,17H,9H2,1-3H3. The first-order valence-corrected chi connectivity index (χ1v) is 7.32. The molecule has 0 unspecified atom stereocenters. The molecular weight excluding hydrogens is 300 g/mol. The lowest BCUT2D eigenvalue weighted by atomic mass is 10.2. The van der Waals surface area contributed by atoms with Crippen molar-refractivity contribution in [3.8, 4) is 0 Å². The molecule has 0 saturated carbocycles. The number of aryl methyl sites for hydroxylation is 1. The summed E-state index contributed by atoms with van der Waals surface area (Å²) in [6, 6.07) is 9.79.